The summed E-state index contributed by atoms with van der Waals surface area (Å²) in [7, 11) is 0. The summed E-state index contributed by atoms with van der Waals surface area (Å²) >= 11 is 7.96. The van der Waals surface area contributed by atoms with Crippen molar-refractivity contribution in [3.8, 4) is 0 Å². The number of hydrogen-bond donors (Lipinski definition) is 0. The van der Waals surface area contributed by atoms with Crippen molar-refractivity contribution in [1.29, 1.82) is 0 Å². The number of hydrogen-bond acceptors (Lipinski definition) is 3. The molecule has 2 nitrogen and oxygen atoms in total. The predicted octanol–water partition coefficient (Wildman–Crippen LogP) is 6.72. The molecule has 0 aliphatic heterocycles. The fourth-order valence-corrected chi connectivity index (χ4v) is 4.56. The molecule has 1 fully saturated rings. The maximum Gasteiger partial charge on any atom is 0.0468 e. The first kappa shape index (κ1) is 22.2. The lowest BCUT2D eigenvalue weighted by atomic mass is 9.70. The molecule has 0 saturated heterocycles. The minimum Gasteiger partial charge on any atom is -0.284 e. The van der Waals surface area contributed by atoms with Gasteiger partial charge in [-0.15, -0.1) is 36.2 Å². The summed E-state index contributed by atoms with van der Waals surface area (Å²) in [6.45, 7) is 1.91. The van der Waals surface area contributed by atoms with Crippen molar-refractivity contribution in [3.05, 3.63) is 87.3 Å². The second kappa shape index (κ2) is 9.90. The smallest absolute Gasteiger partial charge is 0.0468 e. The highest BCUT2D eigenvalue weighted by Gasteiger charge is 2.43. The van der Waals surface area contributed by atoms with Gasteiger partial charge in [0.15, 0.2) is 0 Å². The van der Waals surface area contributed by atoms with Crippen LogP contribution in [0.15, 0.2) is 66.3 Å². The molecular formula is C21H23Cl3N2S. The van der Waals surface area contributed by atoms with Crippen LogP contribution in [0.3, 0.4) is 0 Å². The normalized spacial score (nSPS) is 14.7. The van der Waals surface area contributed by atoms with E-state index in [9.17, 15) is 0 Å². The molecule has 2 aromatic heterocycles. The second-order valence-electron chi connectivity index (χ2n) is 6.68. The number of rotatable bonds is 6. The lowest BCUT2D eigenvalue weighted by Crippen LogP contribution is -2.50. The molecule has 1 aromatic carbocycles. The Kier molecular flexibility index (Phi) is 8.14. The molecule has 4 rings (SSSR count). The van der Waals surface area contributed by atoms with Crippen LogP contribution in [0, 0.1) is 0 Å². The summed E-state index contributed by atoms with van der Waals surface area (Å²) in [6.07, 6.45) is 7.44. The molecule has 0 amide bonds. The zero-order valence-electron chi connectivity index (χ0n) is 14.9. The molecule has 1 aliphatic carbocycles. The monoisotopic (exact) mass is 440 g/mol. The van der Waals surface area contributed by atoms with E-state index in [0.29, 0.717) is 0 Å². The van der Waals surface area contributed by atoms with Crippen molar-refractivity contribution in [2.75, 3.05) is 0 Å². The van der Waals surface area contributed by atoms with Gasteiger partial charge in [-0.3, -0.25) is 9.88 Å². The van der Waals surface area contributed by atoms with Crippen molar-refractivity contribution in [3.63, 3.8) is 0 Å². The van der Waals surface area contributed by atoms with E-state index in [2.05, 4.69) is 51.7 Å². The van der Waals surface area contributed by atoms with Crippen molar-refractivity contribution in [2.45, 2.75) is 37.9 Å². The lowest BCUT2D eigenvalue weighted by Gasteiger charge is -2.51. The molecule has 1 aliphatic rings. The summed E-state index contributed by atoms with van der Waals surface area (Å²) < 4.78 is 0. The predicted molar refractivity (Wildman–Crippen MR) is 119 cm³/mol. The standard InChI is InChI=1S/C21H21ClN2S.2ClH/c22-19-6-4-18(5-7-19)21(10-2-11-21)24(16-20-3-1-14-25-20)15-17-8-12-23-13-9-17;;/h1,3-9,12-14H,2,10-11,15-16H2;2*1H. The van der Waals surface area contributed by atoms with Crippen LogP contribution in [-0.2, 0) is 18.6 Å². The van der Waals surface area contributed by atoms with Gasteiger partial charge in [-0.05, 0) is 66.1 Å². The first-order chi connectivity index (χ1) is 12.3. The molecule has 0 N–H and O–H groups in total. The molecule has 6 heteroatoms. The van der Waals surface area contributed by atoms with Crippen LogP contribution in [0.4, 0.5) is 0 Å². The lowest BCUT2D eigenvalue weighted by molar-refractivity contribution is -0.00198. The van der Waals surface area contributed by atoms with Gasteiger partial charge in [-0.1, -0.05) is 29.8 Å². The van der Waals surface area contributed by atoms with Gasteiger partial charge in [0.05, 0.1) is 0 Å². The molecule has 144 valence electrons. The molecular weight excluding hydrogens is 419 g/mol. The van der Waals surface area contributed by atoms with Crippen LogP contribution < -0.4 is 0 Å². The SMILES string of the molecule is Cl.Cl.Clc1ccc(C2(N(Cc3ccncc3)Cc3cccs3)CCC2)cc1. The zero-order valence-corrected chi connectivity index (χ0v) is 18.1. The molecule has 27 heavy (non-hydrogen) atoms. The third-order valence-electron chi connectivity index (χ3n) is 5.22. The fourth-order valence-electron chi connectivity index (χ4n) is 3.72. The first-order valence-electron chi connectivity index (χ1n) is 8.69. The van der Waals surface area contributed by atoms with Crippen molar-refractivity contribution in [2.24, 2.45) is 0 Å². The number of halogens is 3. The molecule has 0 radical (unpaired) electrons. The Morgan fingerprint density at radius 2 is 1.67 bits per heavy atom. The van der Waals surface area contributed by atoms with Crippen LogP contribution in [-0.4, -0.2) is 9.88 Å². The highest BCUT2D eigenvalue weighted by atomic mass is 35.5. The molecule has 2 heterocycles. The molecule has 0 spiro atoms. The third kappa shape index (κ3) is 4.85. The average molecular weight is 442 g/mol. The quantitative estimate of drug-likeness (QED) is 0.422. The maximum absolute atomic E-state index is 6.13. The van der Waals surface area contributed by atoms with Crippen LogP contribution in [0.2, 0.25) is 5.02 Å². The molecule has 0 bridgehead atoms. The van der Waals surface area contributed by atoms with Crippen molar-refractivity contribution < 1.29 is 0 Å². The highest BCUT2D eigenvalue weighted by Crippen LogP contribution is 2.48. The summed E-state index contributed by atoms with van der Waals surface area (Å²) in [6, 6.07) is 17.1. The van der Waals surface area contributed by atoms with Crippen molar-refractivity contribution >= 4 is 47.8 Å². The Balaban J connectivity index is 0.00000131. The van der Waals surface area contributed by atoms with Crippen LogP contribution in [0.25, 0.3) is 0 Å². The minimum absolute atomic E-state index is 0. The van der Waals surface area contributed by atoms with E-state index in [1.807, 2.05) is 35.9 Å². The Morgan fingerprint density at radius 3 is 2.22 bits per heavy atom. The van der Waals surface area contributed by atoms with Gasteiger partial charge in [-0.25, -0.2) is 0 Å². The van der Waals surface area contributed by atoms with Gasteiger partial charge in [0, 0.05) is 40.9 Å². The molecule has 0 unspecified atom stereocenters. The van der Waals surface area contributed by atoms with E-state index in [1.165, 1.54) is 35.3 Å². The number of benzene rings is 1. The van der Waals surface area contributed by atoms with Crippen LogP contribution in [0.1, 0.15) is 35.3 Å². The van der Waals surface area contributed by atoms with Gasteiger partial charge in [0.1, 0.15) is 0 Å². The summed E-state index contributed by atoms with van der Waals surface area (Å²) in [4.78, 5) is 8.21. The van der Waals surface area contributed by atoms with Gasteiger partial charge >= 0.3 is 0 Å². The maximum atomic E-state index is 6.13. The highest BCUT2D eigenvalue weighted by molar-refractivity contribution is 7.09. The summed E-state index contributed by atoms with van der Waals surface area (Å²) in [5, 5.41) is 2.97. The van der Waals surface area contributed by atoms with Crippen LogP contribution in [0.5, 0.6) is 0 Å². The molecule has 0 atom stereocenters. The topological polar surface area (TPSA) is 16.1 Å². The summed E-state index contributed by atoms with van der Waals surface area (Å²) in [5.41, 5.74) is 2.80. The van der Waals surface area contributed by atoms with E-state index in [-0.39, 0.29) is 30.4 Å². The third-order valence-corrected chi connectivity index (χ3v) is 6.33. The zero-order chi connectivity index (χ0) is 17.1. The van der Waals surface area contributed by atoms with Gasteiger partial charge in [0.25, 0.3) is 0 Å². The fraction of sp³-hybridized carbons (Fsp3) is 0.286. The molecule has 3 aromatic rings. The van der Waals surface area contributed by atoms with Gasteiger partial charge in [-0.2, -0.15) is 0 Å². The average Bonchev–Trinajstić information content (AvgIpc) is 3.09. The number of thiophene rings is 1. The largest absolute Gasteiger partial charge is 0.284 e. The first-order valence-corrected chi connectivity index (χ1v) is 9.94. The van der Waals surface area contributed by atoms with Crippen LogP contribution >= 0.6 is 47.8 Å². The van der Waals surface area contributed by atoms with E-state index >= 15 is 0 Å². The Bertz CT molecular complexity index is 803. The van der Waals surface area contributed by atoms with E-state index < -0.39 is 0 Å². The van der Waals surface area contributed by atoms with E-state index in [1.54, 1.807) is 0 Å². The number of pyridine rings is 1. The minimum atomic E-state index is 0. The second-order valence-corrected chi connectivity index (χ2v) is 8.15. The van der Waals surface area contributed by atoms with E-state index in [4.69, 9.17) is 11.6 Å². The van der Waals surface area contributed by atoms with E-state index in [0.717, 1.165) is 18.1 Å². The number of aromatic nitrogens is 1. The summed E-state index contributed by atoms with van der Waals surface area (Å²) in [5.74, 6) is 0. The Morgan fingerprint density at radius 1 is 0.963 bits per heavy atom. The number of nitrogens with zero attached hydrogens (tertiary/aromatic N) is 2. The van der Waals surface area contributed by atoms with Gasteiger partial charge in [0.2, 0.25) is 0 Å². The Labute approximate surface area is 182 Å². The van der Waals surface area contributed by atoms with Crippen molar-refractivity contribution in [1.82, 2.24) is 9.88 Å². The Hall–Kier alpha value is -1.10. The van der Waals surface area contributed by atoms with Gasteiger partial charge < -0.3 is 0 Å². The molecule has 1 saturated carbocycles.